The zero-order valence-corrected chi connectivity index (χ0v) is 14.6. The highest BCUT2D eigenvalue weighted by Gasteiger charge is 2.80. The summed E-state index contributed by atoms with van der Waals surface area (Å²) in [5.41, 5.74) is 0.352. The van der Waals surface area contributed by atoms with Crippen LogP contribution in [0, 0.1) is 0 Å². The quantitative estimate of drug-likeness (QED) is 0.290. The van der Waals surface area contributed by atoms with Crippen molar-refractivity contribution in [3.63, 3.8) is 0 Å². The molecule has 0 fully saturated rings. The molecule has 0 unspecified atom stereocenters. The van der Waals surface area contributed by atoms with Crippen LogP contribution in [0.1, 0.15) is 20.8 Å². The summed E-state index contributed by atoms with van der Waals surface area (Å²) in [5, 5.41) is 31.4. The first kappa shape index (κ1) is 30.5. The summed E-state index contributed by atoms with van der Waals surface area (Å²) in [4.78, 5) is 19.2. The van der Waals surface area contributed by atoms with E-state index in [1.165, 1.54) is 13.8 Å². The largest absolute Gasteiger partial charge is 0.478 e. The number of aliphatic hydroxyl groups excluding tert-OH is 1. The van der Waals surface area contributed by atoms with Gasteiger partial charge in [0.05, 0.1) is 0 Å². The standard InChI is InChI=1S/C6H6F8O2.2C4H6O2/c1-3(7,8)5(11,12)6(13,14)4(9,10)2(15)16;2*1-3(2)4(5)6/h2,15-16H,1H3;2*1H2,2H3,(H,5,6). The number of carbonyl (C=O) groups is 2. The van der Waals surface area contributed by atoms with Gasteiger partial charge in [-0.25, -0.2) is 9.59 Å². The fourth-order valence-electron chi connectivity index (χ4n) is 0.647. The number of alkyl halides is 8. The van der Waals surface area contributed by atoms with Crippen LogP contribution in [0.25, 0.3) is 0 Å². The number of rotatable bonds is 6. The van der Waals surface area contributed by atoms with Gasteiger partial charge in [0.15, 0.2) is 0 Å². The SMILES string of the molecule is C=C(C)C(=O)O.C=C(C)C(=O)O.CC(F)(F)C(F)(F)C(F)(F)C(F)(F)C(O)O. The summed E-state index contributed by atoms with van der Waals surface area (Å²) in [6.07, 6.45) is -4.20. The van der Waals surface area contributed by atoms with Crippen molar-refractivity contribution in [3.05, 3.63) is 24.3 Å². The first-order valence-electron chi connectivity index (χ1n) is 6.63. The molecule has 166 valence electrons. The van der Waals surface area contributed by atoms with E-state index in [1.54, 1.807) is 0 Å². The number of hydrogen-bond donors (Lipinski definition) is 4. The molecule has 0 aromatic carbocycles. The molecule has 4 N–H and O–H groups in total. The highest BCUT2D eigenvalue weighted by Crippen LogP contribution is 2.53. The van der Waals surface area contributed by atoms with Gasteiger partial charge in [-0.3, -0.25) is 0 Å². The van der Waals surface area contributed by atoms with Crippen LogP contribution in [0.4, 0.5) is 35.1 Å². The molecule has 0 aliphatic carbocycles. The number of carboxylic acids is 2. The van der Waals surface area contributed by atoms with E-state index in [9.17, 15) is 44.7 Å². The zero-order valence-electron chi connectivity index (χ0n) is 14.6. The van der Waals surface area contributed by atoms with Crippen molar-refractivity contribution in [1.29, 1.82) is 0 Å². The lowest BCUT2D eigenvalue weighted by molar-refractivity contribution is -0.394. The molecular formula is C14H18F8O6. The Morgan fingerprint density at radius 3 is 1.07 bits per heavy atom. The van der Waals surface area contributed by atoms with Crippen LogP contribution in [0.2, 0.25) is 0 Å². The number of carboxylic acid groups (broad SMARTS) is 2. The topological polar surface area (TPSA) is 115 Å². The van der Waals surface area contributed by atoms with Crippen molar-refractivity contribution < 1.29 is 65.1 Å². The van der Waals surface area contributed by atoms with E-state index < -0.39 is 48.8 Å². The molecule has 0 aromatic rings. The average molecular weight is 434 g/mol. The molecule has 0 radical (unpaired) electrons. The van der Waals surface area contributed by atoms with Crippen molar-refractivity contribution in [3.8, 4) is 0 Å². The predicted octanol–water partition coefficient (Wildman–Crippen LogP) is 3.15. The molecule has 0 atom stereocenters. The third-order valence-corrected chi connectivity index (χ3v) is 2.42. The van der Waals surface area contributed by atoms with Gasteiger partial charge in [0.25, 0.3) is 0 Å². The lowest BCUT2D eigenvalue weighted by Crippen LogP contribution is -2.64. The fraction of sp³-hybridized carbons (Fsp3) is 0.571. The molecule has 0 saturated heterocycles. The molecule has 0 saturated carbocycles. The van der Waals surface area contributed by atoms with Crippen LogP contribution in [0.3, 0.4) is 0 Å². The van der Waals surface area contributed by atoms with Gasteiger partial charge in [-0.1, -0.05) is 13.2 Å². The second-order valence-electron chi connectivity index (χ2n) is 5.20. The molecule has 14 heteroatoms. The Kier molecular flexibility index (Phi) is 11.3. The zero-order chi connectivity index (χ0) is 23.9. The lowest BCUT2D eigenvalue weighted by Gasteiger charge is -2.35. The van der Waals surface area contributed by atoms with Crippen molar-refractivity contribution in [2.45, 2.75) is 50.8 Å². The molecule has 0 aliphatic heterocycles. The van der Waals surface area contributed by atoms with Gasteiger partial charge in [-0.05, 0) is 13.8 Å². The Balaban J connectivity index is -0.000000426. The Morgan fingerprint density at radius 1 is 0.750 bits per heavy atom. The fourth-order valence-corrected chi connectivity index (χ4v) is 0.647. The van der Waals surface area contributed by atoms with E-state index in [1.807, 2.05) is 0 Å². The van der Waals surface area contributed by atoms with E-state index in [-0.39, 0.29) is 11.1 Å². The van der Waals surface area contributed by atoms with Crippen molar-refractivity contribution in [2.75, 3.05) is 0 Å². The highest BCUT2D eigenvalue weighted by atomic mass is 19.4. The second-order valence-corrected chi connectivity index (χ2v) is 5.20. The minimum atomic E-state index is -6.62. The van der Waals surface area contributed by atoms with Crippen LogP contribution < -0.4 is 0 Å². The van der Waals surface area contributed by atoms with Crippen molar-refractivity contribution >= 4 is 11.9 Å². The third-order valence-electron chi connectivity index (χ3n) is 2.42. The average Bonchev–Trinajstić information content (AvgIpc) is 2.46. The minimum absolute atomic E-state index is 0.176. The normalized spacial score (nSPS) is 12.2. The monoisotopic (exact) mass is 434 g/mol. The maximum Gasteiger partial charge on any atom is 0.383 e. The molecule has 0 bridgehead atoms. The summed E-state index contributed by atoms with van der Waals surface area (Å²) in [6, 6.07) is 0. The Hall–Kier alpha value is -2.22. The molecular weight excluding hydrogens is 416 g/mol. The molecule has 0 spiro atoms. The van der Waals surface area contributed by atoms with E-state index in [0.717, 1.165) is 0 Å². The molecule has 0 aromatic heterocycles. The van der Waals surface area contributed by atoms with Crippen LogP contribution in [0.15, 0.2) is 24.3 Å². The maximum absolute atomic E-state index is 12.4. The Morgan fingerprint density at radius 2 is 0.964 bits per heavy atom. The number of aliphatic hydroxyl groups is 2. The van der Waals surface area contributed by atoms with Gasteiger partial charge >= 0.3 is 35.6 Å². The number of halogens is 8. The van der Waals surface area contributed by atoms with E-state index in [2.05, 4.69) is 13.2 Å². The Labute approximate surface area is 153 Å². The van der Waals surface area contributed by atoms with Crippen LogP contribution in [-0.2, 0) is 9.59 Å². The van der Waals surface area contributed by atoms with Gasteiger partial charge in [0.1, 0.15) is 0 Å². The summed E-state index contributed by atoms with van der Waals surface area (Å²) in [6.45, 7) is 8.51. The predicted molar refractivity (Wildman–Crippen MR) is 78.6 cm³/mol. The second kappa shape index (κ2) is 10.4. The minimum Gasteiger partial charge on any atom is -0.478 e. The molecule has 0 rings (SSSR count). The lowest BCUT2D eigenvalue weighted by atomic mass is 9.99. The van der Waals surface area contributed by atoms with Crippen LogP contribution in [0.5, 0.6) is 0 Å². The van der Waals surface area contributed by atoms with E-state index >= 15 is 0 Å². The van der Waals surface area contributed by atoms with Gasteiger partial charge < -0.3 is 20.4 Å². The third kappa shape index (κ3) is 8.21. The van der Waals surface area contributed by atoms with Gasteiger partial charge in [0.2, 0.25) is 6.29 Å². The number of hydrogen-bond acceptors (Lipinski definition) is 4. The number of aliphatic carboxylic acids is 2. The Bertz CT molecular complexity index is 533. The molecule has 0 aliphatic rings. The highest BCUT2D eigenvalue weighted by molar-refractivity contribution is 5.85. The molecule has 0 amide bonds. The van der Waals surface area contributed by atoms with E-state index in [4.69, 9.17) is 20.4 Å². The smallest absolute Gasteiger partial charge is 0.383 e. The molecule has 28 heavy (non-hydrogen) atoms. The van der Waals surface area contributed by atoms with Gasteiger partial charge in [-0.15, -0.1) is 0 Å². The van der Waals surface area contributed by atoms with Gasteiger partial charge in [-0.2, -0.15) is 35.1 Å². The van der Waals surface area contributed by atoms with Gasteiger partial charge in [0, 0.05) is 18.1 Å². The van der Waals surface area contributed by atoms with Crippen LogP contribution in [-0.4, -0.2) is 62.3 Å². The summed E-state index contributed by atoms with van der Waals surface area (Å²) in [7, 11) is 0. The van der Waals surface area contributed by atoms with Crippen LogP contribution >= 0.6 is 0 Å². The van der Waals surface area contributed by atoms with Crippen molar-refractivity contribution in [1.82, 2.24) is 0 Å². The summed E-state index contributed by atoms with van der Waals surface area (Å²) < 4.78 is 98.3. The summed E-state index contributed by atoms with van der Waals surface area (Å²) in [5.74, 6) is -26.5. The maximum atomic E-state index is 12.4. The molecule has 0 heterocycles. The first-order chi connectivity index (χ1) is 12.0. The summed E-state index contributed by atoms with van der Waals surface area (Å²) >= 11 is 0. The van der Waals surface area contributed by atoms with Crippen molar-refractivity contribution in [2.24, 2.45) is 0 Å². The first-order valence-corrected chi connectivity index (χ1v) is 6.63. The molecule has 6 nitrogen and oxygen atoms in total. The van der Waals surface area contributed by atoms with E-state index in [0.29, 0.717) is 0 Å².